The number of benzene rings is 1. The largest absolute Gasteiger partial charge is 0.494 e. The fraction of sp³-hybridized carbons (Fsp3) is 0.462. The fourth-order valence-electron chi connectivity index (χ4n) is 1.52. The van der Waals surface area contributed by atoms with Crippen LogP contribution in [0.2, 0.25) is 19.6 Å². The summed E-state index contributed by atoms with van der Waals surface area (Å²) in [5.74, 6) is 0.892. The molecule has 4 heteroatoms. The fourth-order valence-corrected chi connectivity index (χ4v) is 2.75. The van der Waals surface area contributed by atoms with Gasteiger partial charge in [0, 0.05) is 6.42 Å². The summed E-state index contributed by atoms with van der Waals surface area (Å²) in [4.78, 5) is 3.43. The first kappa shape index (κ1) is 13.7. The van der Waals surface area contributed by atoms with Crippen molar-refractivity contribution in [2.75, 3.05) is 6.61 Å². The van der Waals surface area contributed by atoms with Crippen molar-refractivity contribution in [3.8, 4) is 5.75 Å². The quantitative estimate of drug-likeness (QED) is 0.250. The van der Waals surface area contributed by atoms with Crippen LogP contribution < -0.4 is 4.74 Å². The second-order valence-electron chi connectivity index (χ2n) is 5.06. The van der Waals surface area contributed by atoms with Crippen LogP contribution in [0, 0.1) is 0 Å². The summed E-state index contributed by atoms with van der Waals surface area (Å²) >= 11 is 0. The van der Waals surface area contributed by atoms with Crippen LogP contribution in [0.3, 0.4) is 0 Å². The predicted molar refractivity (Wildman–Crippen MR) is 73.1 cm³/mol. The molecule has 0 radical (unpaired) electrons. The van der Waals surface area contributed by atoms with Gasteiger partial charge in [-0.2, -0.15) is 4.79 Å². The van der Waals surface area contributed by atoms with Gasteiger partial charge in [0.15, 0.2) is 8.07 Å². The molecule has 1 aromatic carbocycles. The summed E-state index contributed by atoms with van der Waals surface area (Å²) in [6, 6.07) is 9.77. The van der Waals surface area contributed by atoms with Crippen molar-refractivity contribution in [3.63, 3.8) is 0 Å². The van der Waals surface area contributed by atoms with E-state index in [1.807, 2.05) is 30.3 Å². The predicted octanol–water partition coefficient (Wildman–Crippen LogP) is 3.39. The number of rotatable bonds is 6. The molecule has 17 heavy (non-hydrogen) atoms. The number of hydrogen-bond acceptors (Lipinski definition) is 1. The van der Waals surface area contributed by atoms with Crippen LogP contribution in [0.4, 0.5) is 0 Å². The lowest BCUT2D eigenvalue weighted by molar-refractivity contribution is -0.00460. The van der Waals surface area contributed by atoms with Crippen molar-refractivity contribution in [1.82, 2.24) is 0 Å². The van der Waals surface area contributed by atoms with Crippen LogP contribution >= 0.6 is 0 Å². The topological polar surface area (TPSA) is 45.6 Å². The summed E-state index contributed by atoms with van der Waals surface area (Å²) in [7, 11) is -1.47. The number of hydrogen-bond donors (Lipinski definition) is 0. The van der Waals surface area contributed by atoms with Crippen molar-refractivity contribution in [2.45, 2.75) is 32.5 Å². The van der Waals surface area contributed by atoms with Gasteiger partial charge in [-0.05, 0) is 18.6 Å². The minimum atomic E-state index is -1.47. The molecule has 1 rings (SSSR count). The van der Waals surface area contributed by atoms with Gasteiger partial charge in [0.1, 0.15) is 5.75 Å². The summed E-state index contributed by atoms with van der Waals surface area (Å²) in [6.45, 7) is 7.20. The molecule has 0 aliphatic rings. The van der Waals surface area contributed by atoms with Gasteiger partial charge in [-0.3, -0.25) is 0 Å². The molecule has 92 valence electrons. The van der Waals surface area contributed by atoms with Gasteiger partial charge >= 0.3 is 0 Å². The molecule has 0 saturated heterocycles. The Morgan fingerprint density at radius 3 is 2.41 bits per heavy atom. The highest BCUT2D eigenvalue weighted by Gasteiger charge is 2.28. The zero-order valence-corrected chi connectivity index (χ0v) is 11.8. The Bertz CT molecular complexity index is 392. The van der Waals surface area contributed by atoms with E-state index in [1.54, 1.807) is 0 Å². The highest BCUT2D eigenvalue weighted by atomic mass is 28.3. The molecule has 0 saturated carbocycles. The second-order valence-corrected chi connectivity index (χ2v) is 10.1. The first-order chi connectivity index (χ1) is 8.04. The van der Waals surface area contributed by atoms with Gasteiger partial charge in [-0.1, -0.05) is 37.8 Å². The van der Waals surface area contributed by atoms with E-state index in [-0.39, 0.29) is 0 Å². The van der Waals surface area contributed by atoms with E-state index in [0.717, 1.165) is 23.9 Å². The standard InChI is InChI=1S/C13H20N2OSi/c1-17(2,3)13(15-14)10-7-11-16-12-8-5-4-6-9-12/h4-6,8-9H,7,10-11H2,1-3H3. The van der Waals surface area contributed by atoms with Crippen LogP contribution in [0.15, 0.2) is 30.3 Å². The van der Waals surface area contributed by atoms with Gasteiger partial charge in [-0.15, -0.1) is 0 Å². The molecule has 3 nitrogen and oxygen atoms in total. The van der Waals surface area contributed by atoms with E-state index >= 15 is 0 Å². The highest BCUT2D eigenvalue weighted by Crippen LogP contribution is 2.11. The molecule has 0 heterocycles. The molecular weight excluding hydrogens is 228 g/mol. The average Bonchev–Trinajstić information content (AvgIpc) is 2.28. The van der Waals surface area contributed by atoms with Crippen LogP contribution in [0.5, 0.6) is 5.75 Å². The molecule has 0 atom stereocenters. The van der Waals surface area contributed by atoms with Crippen molar-refractivity contribution in [1.29, 1.82) is 0 Å². The third-order valence-electron chi connectivity index (χ3n) is 2.56. The lowest BCUT2D eigenvalue weighted by atomic mass is 10.3. The molecule has 0 aromatic heterocycles. The van der Waals surface area contributed by atoms with E-state index in [4.69, 9.17) is 10.3 Å². The monoisotopic (exact) mass is 248 g/mol. The molecular formula is C13H20N2OSi. The average molecular weight is 248 g/mol. The van der Waals surface area contributed by atoms with Crippen LogP contribution in [-0.2, 0) is 0 Å². The smallest absolute Gasteiger partial charge is 0.237 e. The van der Waals surface area contributed by atoms with Gasteiger partial charge in [-0.25, -0.2) is 0 Å². The zero-order chi connectivity index (χ0) is 12.7. The second kappa shape index (κ2) is 6.38. The molecule has 0 unspecified atom stereocenters. The summed E-state index contributed by atoms with van der Waals surface area (Å²) < 4.78 is 5.59. The Morgan fingerprint density at radius 1 is 1.24 bits per heavy atom. The Kier molecular flexibility index (Phi) is 5.13. The number of para-hydroxylation sites is 1. The van der Waals surface area contributed by atoms with E-state index in [9.17, 15) is 0 Å². The van der Waals surface area contributed by atoms with Gasteiger partial charge in [0.2, 0.25) is 5.33 Å². The molecule has 0 spiro atoms. The van der Waals surface area contributed by atoms with Crippen molar-refractivity contribution in [2.24, 2.45) is 0 Å². The Labute approximate surface area is 104 Å². The van der Waals surface area contributed by atoms with Crippen LogP contribution in [0.25, 0.3) is 5.53 Å². The molecule has 0 N–H and O–H groups in total. The minimum absolute atomic E-state index is 0.660. The molecule has 0 aliphatic carbocycles. The molecule has 0 bridgehead atoms. The lowest BCUT2D eigenvalue weighted by Crippen LogP contribution is -2.34. The Balaban J connectivity index is 2.32. The Morgan fingerprint density at radius 2 is 1.88 bits per heavy atom. The maximum absolute atomic E-state index is 8.96. The van der Waals surface area contributed by atoms with Crippen molar-refractivity contribution in [3.05, 3.63) is 35.9 Å². The molecule has 0 fully saturated rings. The SMILES string of the molecule is C[Si](C)(C)C(CCCOc1ccccc1)=[N+]=[N-]. The normalized spacial score (nSPS) is 10.8. The van der Waals surface area contributed by atoms with E-state index in [2.05, 4.69) is 24.4 Å². The van der Waals surface area contributed by atoms with Crippen molar-refractivity contribution < 1.29 is 9.53 Å². The maximum Gasteiger partial charge on any atom is 0.237 e. The summed E-state index contributed by atoms with van der Waals surface area (Å²) in [5, 5.41) is 0.953. The van der Waals surface area contributed by atoms with Crippen LogP contribution in [0.1, 0.15) is 12.8 Å². The van der Waals surface area contributed by atoms with Gasteiger partial charge in [0.25, 0.3) is 0 Å². The molecule has 1 aromatic rings. The zero-order valence-electron chi connectivity index (χ0n) is 10.8. The molecule has 0 amide bonds. The van der Waals surface area contributed by atoms with E-state index in [1.165, 1.54) is 0 Å². The first-order valence-corrected chi connectivity index (χ1v) is 9.43. The van der Waals surface area contributed by atoms with E-state index < -0.39 is 8.07 Å². The number of ether oxygens (including phenoxy) is 1. The minimum Gasteiger partial charge on any atom is -0.494 e. The summed E-state index contributed by atoms with van der Waals surface area (Å²) in [6.07, 6.45) is 1.71. The van der Waals surface area contributed by atoms with Crippen LogP contribution in [-0.4, -0.2) is 24.8 Å². The highest BCUT2D eigenvalue weighted by molar-refractivity contribution is 7.03. The number of nitrogens with zero attached hydrogens (tertiary/aromatic N) is 2. The third-order valence-corrected chi connectivity index (χ3v) is 4.64. The third kappa shape index (κ3) is 4.98. The van der Waals surface area contributed by atoms with Gasteiger partial charge in [0.05, 0.1) is 6.61 Å². The Hall–Kier alpha value is -1.38. The first-order valence-electron chi connectivity index (χ1n) is 5.93. The lowest BCUT2D eigenvalue weighted by Gasteiger charge is -2.10. The van der Waals surface area contributed by atoms with E-state index in [0.29, 0.717) is 6.61 Å². The van der Waals surface area contributed by atoms with Gasteiger partial charge < -0.3 is 10.3 Å². The van der Waals surface area contributed by atoms with Crippen molar-refractivity contribution >= 4 is 13.4 Å². The maximum atomic E-state index is 8.96. The molecule has 0 aliphatic heterocycles. The summed E-state index contributed by atoms with van der Waals surface area (Å²) in [5.41, 5.74) is 8.96.